The zero-order valence-corrected chi connectivity index (χ0v) is 9.30. The predicted molar refractivity (Wildman–Crippen MR) is 58.0 cm³/mol. The molecule has 1 aliphatic heterocycles. The molecule has 1 aliphatic carbocycles. The molecule has 1 unspecified atom stereocenters. The second-order valence-electron chi connectivity index (χ2n) is 5.38. The fraction of sp³-hybridized carbons (Fsp3) is 1.00. The Hall–Kier alpha value is -0.0800. The lowest BCUT2D eigenvalue weighted by atomic mass is 9.68. The second kappa shape index (κ2) is 4.19. The van der Waals surface area contributed by atoms with Crippen molar-refractivity contribution in [1.29, 1.82) is 0 Å². The summed E-state index contributed by atoms with van der Waals surface area (Å²) in [6.07, 6.45) is 7.02. The molecule has 2 nitrogen and oxygen atoms in total. The third-order valence-electron chi connectivity index (χ3n) is 4.16. The number of hydrogen-bond acceptors (Lipinski definition) is 2. The molecule has 2 N–H and O–H groups in total. The molecule has 0 bridgehead atoms. The van der Waals surface area contributed by atoms with E-state index in [4.69, 9.17) is 10.5 Å². The minimum atomic E-state index is 0.523. The third kappa shape index (κ3) is 1.82. The summed E-state index contributed by atoms with van der Waals surface area (Å²) in [6, 6.07) is 0. The van der Waals surface area contributed by atoms with Gasteiger partial charge in [0.05, 0.1) is 13.2 Å². The largest absolute Gasteiger partial charge is 0.380 e. The molecule has 14 heavy (non-hydrogen) atoms. The molecule has 1 heterocycles. The minimum absolute atomic E-state index is 0.523. The van der Waals surface area contributed by atoms with Crippen LogP contribution in [-0.2, 0) is 4.74 Å². The smallest absolute Gasteiger partial charge is 0.0547 e. The number of rotatable bonds is 4. The summed E-state index contributed by atoms with van der Waals surface area (Å²) < 4.78 is 5.46. The van der Waals surface area contributed by atoms with E-state index in [0.717, 1.165) is 25.7 Å². The summed E-state index contributed by atoms with van der Waals surface area (Å²) in [6.45, 7) is 5.10. The Bertz CT molecular complexity index is 183. The lowest BCUT2D eigenvalue weighted by molar-refractivity contribution is -0.154. The quantitative estimate of drug-likeness (QED) is 0.749. The van der Waals surface area contributed by atoms with E-state index in [0.29, 0.717) is 11.3 Å². The van der Waals surface area contributed by atoms with Crippen LogP contribution in [0, 0.1) is 17.3 Å². The Morgan fingerprint density at radius 2 is 2.00 bits per heavy atom. The fourth-order valence-corrected chi connectivity index (χ4v) is 3.20. The number of ether oxygens (including phenoxy) is 1. The summed E-state index contributed by atoms with van der Waals surface area (Å²) in [5, 5.41) is 0. The van der Waals surface area contributed by atoms with Crippen LogP contribution in [-0.4, -0.2) is 19.8 Å². The molecule has 82 valence electrons. The molecular formula is C12H23NO. The molecule has 0 aromatic carbocycles. The molecule has 2 aliphatic rings. The van der Waals surface area contributed by atoms with Crippen LogP contribution in [0.2, 0.25) is 0 Å². The van der Waals surface area contributed by atoms with Gasteiger partial charge in [-0.25, -0.2) is 0 Å². The summed E-state index contributed by atoms with van der Waals surface area (Å²) in [7, 11) is 0. The van der Waals surface area contributed by atoms with E-state index in [1.807, 2.05) is 0 Å². The highest BCUT2D eigenvalue weighted by Gasteiger charge is 2.46. The van der Waals surface area contributed by atoms with Crippen molar-refractivity contribution in [1.82, 2.24) is 0 Å². The van der Waals surface area contributed by atoms with Crippen molar-refractivity contribution in [2.75, 3.05) is 19.8 Å². The second-order valence-corrected chi connectivity index (χ2v) is 5.38. The molecule has 2 heteroatoms. The average molecular weight is 197 g/mol. The zero-order valence-electron chi connectivity index (χ0n) is 9.30. The highest BCUT2D eigenvalue weighted by molar-refractivity contribution is 4.94. The van der Waals surface area contributed by atoms with Crippen molar-refractivity contribution in [2.45, 2.75) is 39.0 Å². The summed E-state index contributed by atoms with van der Waals surface area (Å²) in [5.74, 6) is 1.60. The van der Waals surface area contributed by atoms with Crippen molar-refractivity contribution in [3.05, 3.63) is 0 Å². The molecular weight excluding hydrogens is 174 g/mol. The van der Waals surface area contributed by atoms with Crippen molar-refractivity contribution < 1.29 is 4.74 Å². The Balaban J connectivity index is 1.94. The fourth-order valence-electron chi connectivity index (χ4n) is 3.20. The van der Waals surface area contributed by atoms with Crippen LogP contribution >= 0.6 is 0 Å². The maximum absolute atomic E-state index is 5.72. The first-order valence-corrected chi connectivity index (χ1v) is 6.05. The molecule has 0 amide bonds. The number of hydrogen-bond donors (Lipinski definition) is 1. The molecule has 1 atom stereocenters. The standard InChI is InChI=1S/C12H23NO/c1-10(7-13)6-12(8-14-9-12)11-4-2-3-5-11/h10-11H,2-9,13H2,1H3. The average Bonchev–Trinajstić information content (AvgIpc) is 2.63. The van der Waals surface area contributed by atoms with Gasteiger partial charge in [0.15, 0.2) is 0 Å². The van der Waals surface area contributed by atoms with E-state index in [9.17, 15) is 0 Å². The molecule has 0 aromatic rings. The molecule has 2 fully saturated rings. The lowest BCUT2D eigenvalue weighted by Crippen LogP contribution is -2.49. The van der Waals surface area contributed by atoms with Gasteiger partial charge in [0.2, 0.25) is 0 Å². The topological polar surface area (TPSA) is 35.2 Å². The van der Waals surface area contributed by atoms with Gasteiger partial charge in [-0.05, 0) is 37.6 Å². The van der Waals surface area contributed by atoms with Gasteiger partial charge in [-0.1, -0.05) is 19.8 Å². The van der Waals surface area contributed by atoms with Gasteiger partial charge in [0, 0.05) is 5.41 Å². The Labute approximate surface area is 87.2 Å². The van der Waals surface area contributed by atoms with Crippen LogP contribution in [0.5, 0.6) is 0 Å². The summed E-state index contributed by atoms with van der Waals surface area (Å²) in [5.41, 5.74) is 6.24. The molecule has 0 aromatic heterocycles. The third-order valence-corrected chi connectivity index (χ3v) is 4.16. The first-order chi connectivity index (χ1) is 6.77. The van der Waals surface area contributed by atoms with Crippen LogP contribution in [0.15, 0.2) is 0 Å². The van der Waals surface area contributed by atoms with Crippen LogP contribution < -0.4 is 5.73 Å². The van der Waals surface area contributed by atoms with E-state index in [1.54, 1.807) is 0 Å². The molecule has 1 saturated heterocycles. The van der Waals surface area contributed by atoms with E-state index in [1.165, 1.54) is 32.1 Å². The van der Waals surface area contributed by atoms with Crippen LogP contribution in [0.4, 0.5) is 0 Å². The Morgan fingerprint density at radius 3 is 2.43 bits per heavy atom. The SMILES string of the molecule is CC(CN)CC1(C2CCCC2)COC1. The summed E-state index contributed by atoms with van der Waals surface area (Å²) >= 11 is 0. The van der Waals surface area contributed by atoms with E-state index in [-0.39, 0.29) is 0 Å². The van der Waals surface area contributed by atoms with Gasteiger partial charge < -0.3 is 10.5 Å². The van der Waals surface area contributed by atoms with Gasteiger partial charge in [0.1, 0.15) is 0 Å². The molecule has 1 saturated carbocycles. The van der Waals surface area contributed by atoms with Crippen LogP contribution in [0.1, 0.15) is 39.0 Å². The lowest BCUT2D eigenvalue weighted by Gasteiger charge is -2.47. The van der Waals surface area contributed by atoms with Crippen molar-refractivity contribution in [2.24, 2.45) is 23.0 Å². The monoisotopic (exact) mass is 197 g/mol. The van der Waals surface area contributed by atoms with Crippen molar-refractivity contribution in [3.63, 3.8) is 0 Å². The van der Waals surface area contributed by atoms with Gasteiger partial charge in [-0.15, -0.1) is 0 Å². The predicted octanol–water partition coefficient (Wildman–Crippen LogP) is 2.18. The molecule has 2 rings (SSSR count). The number of nitrogens with two attached hydrogens (primary N) is 1. The first-order valence-electron chi connectivity index (χ1n) is 6.05. The Morgan fingerprint density at radius 1 is 1.36 bits per heavy atom. The minimum Gasteiger partial charge on any atom is -0.380 e. The van der Waals surface area contributed by atoms with Gasteiger partial charge >= 0.3 is 0 Å². The van der Waals surface area contributed by atoms with Crippen LogP contribution in [0.3, 0.4) is 0 Å². The maximum Gasteiger partial charge on any atom is 0.0547 e. The highest BCUT2D eigenvalue weighted by atomic mass is 16.5. The maximum atomic E-state index is 5.72. The normalized spacial score (nSPS) is 28.7. The van der Waals surface area contributed by atoms with Crippen LogP contribution in [0.25, 0.3) is 0 Å². The first kappa shape index (κ1) is 10.4. The van der Waals surface area contributed by atoms with E-state index < -0.39 is 0 Å². The van der Waals surface area contributed by atoms with Crippen molar-refractivity contribution in [3.8, 4) is 0 Å². The van der Waals surface area contributed by atoms with Gasteiger partial charge in [-0.3, -0.25) is 0 Å². The van der Waals surface area contributed by atoms with Gasteiger partial charge in [0.25, 0.3) is 0 Å². The zero-order chi connectivity index (χ0) is 10.0. The van der Waals surface area contributed by atoms with Gasteiger partial charge in [-0.2, -0.15) is 0 Å². The van der Waals surface area contributed by atoms with E-state index in [2.05, 4.69) is 6.92 Å². The van der Waals surface area contributed by atoms with Crippen molar-refractivity contribution >= 4 is 0 Å². The Kier molecular flexibility index (Phi) is 3.13. The molecule has 0 spiro atoms. The van der Waals surface area contributed by atoms with E-state index >= 15 is 0 Å². The molecule has 0 radical (unpaired) electrons. The highest BCUT2D eigenvalue weighted by Crippen LogP contribution is 2.48. The summed E-state index contributed by atoms with van der Waals surface area (Å²) in [4.78, 5) is 0.